The molecule has 1 amide bonds. The van der Waals surface area contributed by atoms with Crippen LogP contribution < -0.4 is 21.1 Å². The van der Waals surface area contributed by atoms with E-state index >= 15 is 0 Å². The molecule has 2 atom stereocenters. The molecule has 0 unspecified atom stereocenters. The van der Waals surface area contributed by atoms with Crippen molar-refractivity contribution in [3.63, 3.8) is 0 Å². The number of ether oxygens (including phenoxy) is 1. The van der Waals surface area contributed by atoms with Crippen molar-refractivity contribution in [1.29, 1.82) is 0 Å². The summed E-state index contributed by atoms with van der Waals surface area (Å²) in [5.74, 6) is 0.774. The minimum absolute atomic E-state index is 0.0565. The molecule has 3 aromatic heterocycles. The fourth-order valence-electron chi connectivity index (χ4n) is 2.87. The largest absolute Gasteiger partial charge is 0.473 e. The van der Waals surface area contributed by atoms with Gasteiger partial charge >= 0.3 is 0 Å². The average molecular weight is 399 g/mol. The van der Waals surface area contributed by atoms with Crippen LogP contribution in [0.4, 0.5) is 21.7 Å². The van der Waals surface area contributed by atoms with Crippen LogP contribution in [0, 0.1) is 6.92 Å². The number of amides is 1. The normalized spacial score (nSPS) is 18.1. The van der Waals surface area contributed by atoms with E-state index in [2.05, 4.69) is 25.7 Å². The van der Waals surface area contributed by atoms with Crippen LogP contribution in [0.5, 0.6) is 5.88 Å². The highest BCUT2D eigenvalue weighted by Crippen LogP contribution is 2.30. The number of nitrogen functional groups attached to an aromatic ring is 1. The summed E-state index contributed by atoms with van der Waals surface area (Å²) in [5.41, 5.74) is 7.99. The van der Waals surface area contributed by atoms with Crippen LogP contribution in [0.3, 0.4) is 0 Å². The number of carbonyl (C=O) groups excluding carboxylic acids is 1. The molecule has 1 aliphatic carbocycles. The maximum absolute atomic E-state index is 13.1. The highest BCUT2D eigenvalue weighted by atomic mass is 19.1. The molecule has 0 spiro atoms. The predicted molar refractivity (Wildman–Crippen MR) is 106 cm³/mol. The van der Waals surface area contributed by atoms with Gasteiger partial charge < -0.3 is 21.1 Å². The summed E-state index contributed by atoms with van der Waals surface area (Å²) in [5, 5.41) is 9.98. The van der Waals surface area contributed by atoms with Crippen molar-refractivity contribution in [3.05, 3.63) is 35.7 Å². The van der Waals surface area contributed by atoms with E-state index in [1.807, 2.05) is 19.9 Å². The van der Waals surface area contributed by atoms with E-state index in [0.29, 0.717) is 35.2 Å². The molecule has 0 aliphatic heterocycles. The monoisotopic (exact) mass is 399 g/mol. The number of carbonyl (C=O) groups is 1. The third-order valence-electron chi connectivity index (χ3n) is 4.57. The molecule has 1 fully saturated rings. The maximum atomic E-state index is 13.1. The molecule has 0 saturated heterocycles. The number of hydrogen-bond acceptors (Lipinski definition) is 7. The van der Waals surface area contributed by atoms with E-state index < -0.39 is 18.1 Å². The first-order chi connectivity index (χ1) is 13.8. The van der Waals surface area contributed by atoms with Gasteiger partial charge in [-0.25, -0.2) is 14.4 Å². The topological polar surface area (TPSA) is 119 Å². The molecule has 3 heterocycles. The van der Waals surface area contributed by atoms with Gasteiger partial charge in [-0.1, -0.05) is 0 Å². The lowest BCUT2D eigenvalue weighted by Gasteiger charge is -2.16. The van der Waals surface area contributed by atoms with E-state index in [1.54, 1.807) is 19.2 Å². The molecule has 29 heavy (non-hydrogen) atoms. The van der Waals surface area contributed by atoms with Gasteiger partial charge in [-0.2, -0.15) is 9.61 Å². The van der Waals surface area contributed by atoms with Gasteiger partial charge in [-0.05, 0) is 32.9 Å². The summed E-state index contributed by atoms with van der Waals surface area (Å²) < 4.78 is 20.3. The van der Waals surface area contributed by atoms with Gasteiger partial charge in [0, 0.05) is 18.2 Å². The van der Waals surface area contributed by atoms with Gasteiger partial charge in [-0.3, -0.25) is 4.79 Å². The molecule has 9 nitrogen and oxygen atoms in total. The van der Waals surface area contributed by atoms with Crippen molar-refractivity contribution in [2.75, 3.05) is 11.1 Å². The SMILES string of the molecule is Cc1c(Nc2cccnc2OC(C)C)nc2c(C(=O)N[C@@H]3C[C@@H]3F)cnn2c1N. The van der Waals surface area contributed by atoms with Gasteiger partial charge in [0.15, 0.2) is 5.65 Å². The lowest BCUT2D eigenvalue weighted by molar-refractivity contribution is 0.0949. The molecular weight excluding hydrogens is 377 g/mol. The van der Waals surface area contributed by atoms with Crippen molar-refractivity contribution >= 4 is 28.9 Å². The van der Waals surface area contributed by atoms with Crippen LogP contribution in [-0.2, 0) is 0 Å². The van der Waals surface area contributed by atoms with E-state index in [-0.39, 0.29) is 17.3 Å². The zero-order chi connectivity index (χ0) is 20.7. The third kappa shape index (κ3) is 3.65. The third-order valence-corrected chi connectivity index (χ3v) is 4.57. The highest BCUT2D eigenvalue weighted by molar-refractivity contribution is 6.00. The molecule has 0 radical (unpaired) electrons. The smallest absolute Gasteiger partial charge is 0.257 e. The number of pyridine rings is 1. The summed E-state index contributed by atoms with van der Waals surface area (Å²) in [6.45, 7) is 5.61. The first-order valence-corrected chi connectivity index (χ1v) is 9.32. The van der Waals surface area contributed by atoms with Crippen LogP contribution in [0.2, 0.25) is 0 Å². The standard InChI is InChI=1S/C19H22FN7O2/c1-9(2)29-19-13(5-4-6-22-19)24-16-10(3)15(21)27-17(26-16)11(8-23-27)18(28)25-14-7-12(14)20/h4-6,8-9,12,14H,7,21H2,1-3H3,(H,24,26)(H,25,28)/t12-,14+/m0/s1. The Morgan fingerprint density at radius 2 is 2.21 bits per heavy atom. The summed E-state index contributed by atoms with van der Waals surface area (Å²) >= 11 is 0. The molecule has 152 valence electrons. The molecule has 1 aliphatic rings. The van der Waals surface area contributed by atoms with E-state index in [1.165, 1.54) is 10.7 Å². The van der Waals surface area contributed by atoms with E-state index in [9.17, 15) is 9.18 Å². The lowest BCUT2D eigenvalue weighted by atomic mass is 10.2. The van der Waals surface area contributed by atoms with E-state index in [4.69, 9.17) is 10.5 Å². The average Bonchev–Trinajstić information content (AvgIpc) is 3.19. The van der Waals surface area contributed by atoms with Crippen molar-refractivity contribution < 1.29 is 13.9 Å². The number of nitrogens with two attached hydrogens (primary N) is 1. The molecular formula is C19H22FN7O2. The first-order valence-electron chi connectivity index (χ1n) is 9.32. The van der Waals surface area contributed by atoms with Crippen LogP contribution in [0.25, 0.3) is 5.65 Å². The van der Waals surface area contributed by atoms with Crippen LogP contribution in [0.1, 0.15) is 36.2 Å². The second-order valence-electron chi connectivity index (χ2n) is 7.24. The van der Waals surface area contributed by atoms with Gasteiger partial charge in [-0.15, -0.1) is 0 Å². The Balaban J connectivity index is 1.71. The molecule has 4 N–H and O–H groups in total. The lowest BCUT2D eigenvalue weighted by Crippen LogP contribution is -2.27. The first kappa shape index (κ1) is 18.9. The summed E-state index contributed by atoms with van der Waals surface area (Å²) in [6.07, 6.45) is 2.29. The van der Waals surface area contributed by atoms with Crippen molar-refractivity contribution in [3.8, 4) is 5.88 Å². The Labute approximate surface area is 166 Å². The molecule has 4 rings (SSSR count). The van der Waals surface area contributed by atoms with Crippen LogP contribution in [0.15, 0.2) is 24.5 Å². The van der Waals surface area contributed by atoms with Crippen molar-refractivity contribution in [2.45, 2.75) is 45.5 Å². The summed E-state index contributed by atoms with van der Waals surface area (Å²) in [6, 6.07) is 3.13. The number of hydrogen-bond donors (Lipinski definition) is 3. The number of rotatable bonds is 6. The summed E-state index contributed by atoms with van der Waals surface area (Å²) in [4.78, 5) is 21.3. The number of aromatic nitrogens is 4. The van der Waals surface area contributed by atoms with Gasteiger partial charge in [0.05, 0.1) is 18.3 Å². The maximum Gasteiger partial charge on any atom is 0.257 e. The molecule has 0 bridgehead atoms. The minimum atomic E-state index is -0.997. The van der Waals surface area contributed by atoms with Crippen LogP contribution >= 0.6 is 0 Å². The number of alkyl halides is 1. The number of anilines is 3. The second kappa shape index (κ2) is 7.19. The fourth-order valence-corrected chi connectivity index (χ4v) is 2.87. The zero-order valence-electron chi connectivity index (χ0n) is 16.3. The van der Waals surface area contributed by atoms with E-state index in [0.717, 1.165) is 0 Å². The Morgan fingerprint density at radius 1 is 1.45 bits per heavy atom. The van der Waals surface area contributed by atoms with Gasteiger partial charge in [0.1, 0.15) is 29.1 Å². The van der Waals surface area contributed by atoms with Gasteiger partial charge in [0.25, 0.3) is 5.91 Å². The number of nitrogens with one attached hydrogen (secondary N) is 2. The van der Waals surface area contributed by atoms with Gasteiger partial charge in [0.2, 0.25) is 5.88 Å². The van der Waals surface area contributed by atoms with Crippen LogP contribution in [-0.4, -0.2) is 43.8 Å². The fraction of sp³-hybridized carbons (Fsp3) is 0.368. The molecule has 3 aromatic rings. The quantitative estimate of drug-likeness (QED) is 0.582. The minimum Gasteiger partial charge on any atom is -0.473 e. The Kier molecular flexibility index (Phi) is 4.69. The predicted octanol–water partition coefficient (Wildman–Crippen LogP) is 2.39. The Bertz CT molecular complexity index is 1080. The van der Waals surface area contributed by atoms with Crippen molar-refractivity contribution in [1.82, 2.24) is 24.9 Å². The summed E-state index contributed by atoms with van der Waals surface area (Å²) in [7, 11) is 0. The highest BCUT2D eigenvalue weighted by Gasteiger charge is 2.39. The second-order valence-corrected chi connectivity index (χ2v) is 7.24. The van der Waals surface area contributed by atoms with Crippen molar-refractivity contribution in [2.24, 2.45) is 0 Å². The molecule has 1 saturated carbocycles. The molecule has 0 aromatic carbocycles. The Hall–Kier alpha value is -3.43. The number of fused-ring (bicyclic) bond motifs is 1. The number of nitrogens with zero attached hydrogens (tertiary/aromatic N) is 4. The molecule has 10 heteroatoms. The number of halogens is 1. The zero-order valence-corrected chi connectivity index (χ0v) is 16.3. The Morgan fingerprint density at radius 3 is 2.90 bits per heavy atom.